The zero-order chi connectivity index (χ0) is 19.1. The number of rotatable bonds is 4. The average Bonchev–Trinajstić information content (AvgIpc) is 3.04. The first-order valence-corrected chi connectivity index (χ1v) is 8.20. The van der Waals surface area contributed by atoms with Gasteiger partial charge >= 0.3 is 6.18 Å². The molecule has 0 aliphatic rings. The van der Waals surface area contributed by atoms with Crippen molar-refractivity contribution in [3.8, 4) is 22.6 Å². The van der Waals surface area contributed by atoms with Crippen molar-refractivity contribution in [1.29, 1.82) is 0 Å². The number of carbonyl (C=O) groups is 1. The van der Waals surface area contributed by atoms with Crippen LogP contribution < -0.4 is 9.47 Å². The summed E-state index contributed by atoms with van der Waals surface area (Å²) in [5.41, 5.74) is 0.817. The van der Waals surface area contributed by atoms with Gasteiger partial charge in [0.05, 0.1) is 30.7 Å². The highest BCUT2D eigenvalue weighted by Gasteiger charge is 2.42. The number of halogens is 4. The van der Waals surface area contributed by atoms with Crippen molar-refractivity contribution in [1.82, 2.24) is 4.98 Å². The van der Waals surface area contributed by atoms with Crippen molar-refractivity contribution in [2.24, 2.45) is 0 Å². The Morgan fingerprint density at radius 3 is 2.23 bits per heavy atom. The fourth-order valence-electron chi connectivity index (χ4n) is 2.81. The fourth-order valence-corrected chi connectivity index (χ4v) is 3.07. The molecule has 0 spiro atoms. The van der Waals surface area contributed by atoms with Crippen molar-refractivity contribution in [2.45, 2.75) is 6.18 Å². The van der Waals surface area contributed by atoms with Crippen LogP contribution in [-0.4, -0.2) is 31.2 Å². The smallest absolute Gasteiger partial charge is 0.455 e. The normalized spacial score (nSPS) is 11.6. The maximum atomic E-state index is 13.1. The van der Waals surface area contributed by atoms with E-state index in [0.717, 1.165) is 10.0 Å². The molecule has 0 aliphatic heterocycles. The standard InChI is InChI=1S/C18H13BrF3NO3/c1-25-12-7-13(26-2)15(17(24)18(20,21)22)16-14(12)11(8-23-16)9-3-5-10(19)6-4-9/h3-8,23H,1-2H3. The molecule has 1 aromatic heterocycles. The van der Waals surface area contributed by atoms with Gasteiger partial charge in [0, 0.05) is 22.3 Å². The summed E-state index contributed by atoms with van der Waals surface area (Å²) >= 11 is 3.34. The predicted molar refractivity (Wildman–Crippen MR) is 94.9 cm³/mol. The summed E-state index contributed by atoms with van der Waals surface area (Å²) in [6.07, 6.45) is -3.49. The third-order valence-electron chi connectivity index (χ3n) is 3.96. The first-order chi connectivity index (χ1) is 12.3. The molecule has 1 N–H and O–H groups in total. The van der Waals surface area contributed by atoms with Crippen molar-refractivity contribution in [2.75, 3.05) is 14.2 Å². The van der Waals surface area contributed by atoms with Crippen LogP contribution in [0.5, 0.6) is 11.5 Å². The summed E-state index contributed by atoms with van der Waals surface area (Å²) in [5, 5.41) is 0.378. The van der Waals surface area contributed by atoms with E-state index < -0.39 is 17.5 Å². The van der Waals surface area contributed by atoms with Crippen LogP contribution in [0, 0.1) is 0 Å². The van der Waals surface area contributed by atoms with Gasteiger partial charge in [-0.1, -0.05) is 28.1 Å². The van der Waals surface area contributed by atoms with E-state index in [9.17, 15) is 18.0 Å². The lowest BCUT2D eigenvalue weighted by molar-refractivity contribution is -0.0885. The first-order valence-electron chi connectivity index (χ1n) is 7.41. The summed E-state index contributed by atoms with van der Waals surface area (Å²) in [7, 11) is 2.60. The Labute approximate surface area is 155 Å². The number of Topliss-reactive ketones (excluding diaryl/α,β-unsaturated/α-hetero) is 1. The number of hydrogen-bond donors (Lipinski definition) is 1. The molecule has 0 saturated carbocycles. The van der Waals surface area contributed by atoms with Crippen molar-refractivity contribution in [3.63, 3.8) is 0 Å². The van der Waals surface area contributed by atoms with Crippen molar-refractivity contribution in [3.05, 3.63) is 46.6 Å². The van der Waals surface area contributed by atoms with Crippen LogP contribution in [0.4, 0.5) is 13.2 Å². The topological polar surface area (TPSA) is 51.3 Å². The zero-order valence-corrected chi connectivity index (χ0v) is 15.3. The van der Waals surface area contributed by atoms with Crippen LogP contribution in [-0.2, 0) is 0 Å². The van der Waals surface area contributed by atoms with E-state index in [4.69, 9.17) is 9.47 Å². The number of methoxy groups -OCH3 is 2. The number of hydrogen-bond acceptors (Lipinski definition) is 3. The number of H-pyrrole nitrogens is 1. The Hall–Kier alpha value is -2.48. The maximum absolute atomic E-state index is 13.1. The monoisotopic (exact) mass is 427 g/mol. The van der Waals surface area contributed by atoms with E-state index in [1.165, 1.54) is 20.3 Å². The van der Waals surface area contributed by atoms with Gasteiger partial charge in [0.15, 0.2) is 0 Å². The molecule has 0 fully saturated rings. The Morgan fingerprint density at radius 1 is 1.08 bits per heavy atom. The second-order valence-corrected chi connectivity index (χ2v) is 6.36. The van der Waals surface area contributed by atoms with E-state index in [0.29, 0.717) is 16.7 Å². The molecule has 0 bridgehead atoms. The van der Waals surface area contributed by atoms with E-state index in [1.807, 2.05) is 24.3 Å². The molecule has 0 radical (unpaired) electrons. The molecule has 8 heteroatoms. The Bertz CT molecular complexity index is 978. The van der Waals surface area contributed by atoms with E-state index in [1.54, 1.807) is 6.20 Å². The van der Waals surface area contributed by atoms with Gasteiger partial charge < -0.3 is 14.5 Å². The fraction of sp³-hybridized carbons (Fsp3) is 0.167. The third-order valence-corrected chi connectivity index (χ3v) is 4.49. The van der Waals surface area contributed by atoms with E-state index in [2.05, 4.69) is 20.9 Å². The van der Waals surface area contributed by atoms with Gasteiger partial charge in [-0.25, -0.2) is 0 Å². The predicted octanol–water partition coefficient (Wildman–Crippen LogP) is 5.36. The van der Waals surface area contributed by atoms with Gasteiger partial charge in [-0.3, -0.25) is 4.79 Å². The van der Waals surface area contributed by atoms with Gasteiger partial charge in [0.1, 0.15) is 11.5 Å². The third kappa shape index (κ3) is 3.05. The average molecular weight is 428 g/mol. The van der Waals surface area contributed by atoms with E-state index >= 15 is 0 Å². The second-order valence-electron chi connectivity index (χ2n) is 5.44. The Balaban J connectivity index is 2.36. The molecule has 0 atom stereocenters. The number of fused-ring (bicyclic) bond motifs is 1. The summed E-state index contributed by atoms with van der Waals surface area (Å²) in [5.74, 6) is -1.89. The van der Waals surface area contributed by atoms with Gasteiger partial charge in [-0.15, -0.1) is 0 Å². The number of aromatic amines is 1. The van der Waals surface area contributed by atoms with Crippen LogP contribution in [0.3, 0.4) is 0 Å². The van der Waals surface area contributed by atoms with Crippen LogP contribution in [0.2, 0.25) is 0 Å². The molecule has 0 aliphatic carbocycles. The maximum Gasteiger partial charge on any atom is 0.455 e. The molecule has 4 nitrogen and oxygen atoms in total. The highest BCUT2D eigenvalue weighted by atomic mass is 79.9. The summed E-state index contributed by atoms with van der Waals surface area (Å²) in [4.78, 5) is 14.8. The number of carbonyl (C=O) groups excluding carboxylic acids is 1. The van der Waals surface area contributed by atoms with Crippen molar-refractivity contribution < 1.29 is 27.4 Å². The molecule has 3 aromatic rings. The van der Waals surface area contributed by atoms with Gasteiger partial charge in [-0.05, 0) is 17.7 Å². The van der Waals surface area contributed by atoms with Crippen LogP contribution in [0.25, 0.3) is 22.0 Å². The molecule has 1 heterocycles. The molecule has 2 aromatic carbocycles. The number of aromatic nitrogens is 1. The molecule has 3 rings (SSSR count). The molecule has 0 unspecified atom stereocenters. The first kappa shape index (κ1) is 18.3. The largest absolute Gasteiger partial charge is 0.496 e. The lowest BCUT2D eigenvalue weighted by Crippen LogP contribution is -2.23. The number of alkyl halides is 3. The quantitative estimate of drug-likeness (QED) is 0.570. The lowest BCUT2D eigenvalue weighted by Gasteiger charge is -2.14. The molecular weight excluding hydrogens is 415 g/mol. The lowest BCUT2D eigenvalue weighted by atomic mass is 9.99. The number of benzene rings is 2. The summed E-state index contributed by atoms with van der Waals surface area (Å²) in [6, 6.07) is 8.53. The van der Waals surface area contributed by atoms with Crippen molar-refractivity contribution >= 4 is 32.6 Å². The van der Waals surface area contributed by atoms with Gasteiger partial charge in [0.25, 0.3) is 5.78 Å². The highest BCUT2D eigenvalue weighted by Crippen LogP contribution is 2.43. The number of ketones is 1. The number of ether oxygens (including phenoxy) is 2. The van der Waals surface area contributed by atoms with Gasteiger partial charge in [0.2, 0.25) is 0 Å². The Morgan fingerprint density at radius 2 is 1.69 bits per heavy atom. The minimum atomic E-state index is -5.03. The van der Waals surface area contributed by atoms with Crippen LogP contribution in [0.1, 0.15) is 10.4 Å². The number of nitrogens with one attached hydrogen (secondary N) is 1. The second kappa shape index (κ2) is 6.68. The van der Waals surface area contributed by atoms with E-state index in [-0.39, 0.29) is 11.3 Å². The molecule has 0 saturated heterocycles. The minimum Gasteiger partial charge on any atom is -0.496 e. The summed E-state index contributed by atoms with van der Waals surface area (Å²) < 4.78 is 50.5. The highest BCUT2D eigenvalue weighted by molar-refractivity contribution is 9.10. The molecule has 0 amide bonds. The zero-order valence-electron chi connectivity index (χ0n) is 13.7. The van der Waals surface area contributed by atoms with Crippen LogP contribution >= 0.6 is 15.9 Å². The van der Waals surface area contributed by atoms with Gasteiger partial charge in [-0.2, -0.15) is 13.2 Å². The summed E-state index contributed by atoms with van der Waals surface area (Å²) in [6.45, 7) is 0. The minimum absolute atomic E-state index is 0.0152. The molecular formula is C18H13BrF3NO3. The molecule has 136 valence electrons. The van der Waals surface area contributed by atoms with Crippen LogP contribution in [0.15, 0.2) is 41.0 Å². The molecule has 26 heavy (non-hydrogen) atoms. The SMILES string of the molecule is COc1cc(OC)c2c(-c3ccc(Br)cc3)c[nH]c2c1C(=O)C(F)(F)F. The Kier molecular flexibility index (Phi) is 4.70.